The van der Waals surface area contributed by atoms with E-state index in [-0.39, 0.29) is 5.91 Å². The highest BCUT2D eigenvalue weighted by Gasteiger charge is 2.23. The first-order chi connectivity index (χ1) is 12.3. The Hall–Kier alpha value is -3.27. The van der Waals surface area contributed by atoms with Crippen molar-refractivity contribution in [1.82, 2.24) is 35.3 Å². The Kier molecular flexibility index (Phi) is 4.09. The number of nitrogens with one attached hydrogen (secondary N) is 1. The van der Waals surface area contributed by atoms with Crippen LogP contribution in [0.5, 0.6) is 0 Å². The fraction of sp³-hybridized carbons (Fsp3) is 0.133. The molecular formula is C15H13N7O2S. The quantitative estimate of drug-likeness (QED) is 0.566. The number of nitrogens with zero attached hydrogens (tertiary/aromatic N) is 6. The summed E-state index contributed by atoms with van der Waals surface area (Å²) in [5.41, 5.74) is 0.385. The lowest BCUT2D eigenvalue weighted by Gasteiger charge is -2.21. The van der Waals surface area contributed by atoms with E-state index in [0.717, 1.165) is 4.88 Å². The molecule has 0 spiro atoms. The van der Waals surface area contributed by atoms with Crippen molar-refractivity contribution in [3.63, 3.8) is 0 Å². The molecule has 25 heavy (non-hydrogen) atoms. The van der Waals surface area contributed by atoms with E-state index in [9.17, 15) is 4.79 Å². The number of aromatic nitrogens is 6. The van der Waals surface area contributed by atoms with Crippen LogP contribution >= 0.6 is 11.3 Å². The van der Waals surface area contributed by atoms with Gasteiger partial charge >= 0.3 is 0 Å². The molecule has 9 nitrogen and oxygen atoms in total. The number of hydrogen-bond acceptors (Lipinski definition) is 7. The molecule has 0 aliphatic heterocycles. The number of hydrogen-bond donors (Lipinski definition) is 1. The first-order valence-corrected chi connectivity index (χ1v) is 8.30. The summed E-state index contributed by atoms with van der Waals surface area (Å²) in [7, 11) is 0. The van der Waals surface area contributed by atoms with Gasteiger partial charge in [-0.05, 0) is 34.0 Å². The Morgan fingerprint density at radius 1 is 1.32 bits per heavy atom. The molecule has 126 valence electrons. The normalized spacial score (nSPS) is 10.9. The van der Waals surface area contributed by atoms with Crippen molar-refractivity contribution in [2.45, 2.75) is 13.1 Å². The van der Waals surface area contributed by atoms with Crippen LogP contribution in [0.4, 0.5) is 0 Å². The second kappa shape index (κ2) is 6.69. The van der Waals surface area contributed by atoms with E-state index in [1.807, 2.05) is 23.6 Å². The van der Waals surface area contributed by atoms with Crippen LogP contribution in [0.3, 0.4) is 0 Å². The summed E-state index contributed by atoms with van der Waals surface area (Å²) < 4.78 is 6.77. The highest BCUT2D eigenvalue weighted by molar-refractivity contribution is 7.09. The molecular weight excluding hydrogens is 342 g/mol. The van der Waals surface area contributed by atoms with Crippen molar-refractivity contribution in [3.8, 4) is 5.82 Å². The Morgan fingerprint density at radius 2 is 2.28 bits per heavy atom. The molecule has 0 unspecified atom stereocenters. The molecule has 0 atom stereocenters. The Balaban J connectivity index is 1.64. The van der Waals surface area contributed by atoms with Crippen LogP contribution in [-0.2, 0) is 13.1 Å². The molecule has 4 aromatic rings. The highest BCUT2D eigenvalue weighted by atomic mass is 32.1. The summed E-state index contributed by atoms with van der Waals surface area (Å²) in [6, 6.07) is 7.59. The van der Waals surface area contributed by atoms with Gasteiger partial charge in [-0.1, -0.05) is 6.07 Å². The molecule has 0 saturated heterocycles. The average Bonchev–Trinajstić information content (AvgIpc) is 3.41. The van der Waals surface area contributed by atoms with E-state index in [4.69, 9.17) is 4.42 Å². The predicted octanol–water partition coefficient (Wildman–Crippen LogP) is 1.88. The lowest BCUT2D eigenvalue weighted by molar-refractivity contribution is 0.0719. The van der Waals surface area contributed by atoms with Gasteiger partial charge in [0.1, 0.15) is 17.7 Å². The maximum atomic E-state index is 13.1. The average molecular weight is 355 g/mol. The fourth-order valence-corrected chi connectivity index (χ4v) is 3.14. The van der Waals surface area contributed by atoms with Gasteiger partial charge < -0.3 is 9.32 Å². The molecule has 0 aromatic carbocycles. The molecule has 0 saturated carbocycles. The van der Waals surface area contributed by atoms with E-state index < -0.39 is 0 Å². The van der Waals surface area contributed by atoms with Crippen LogP contribution in [0.2, 0.25) is 0 Å². The third-order valence-electron chi connectivity index (χ3n) is 3.57. The fourth-order valence-electron chi connectivity index (χ4n) is 2.43. The Labute approximate surface area is 145 Å². The molecule has 4 rings (SSSR count). The highest BCUT2D eigenvalue weighted by Crippen LogP contribution is 2.19. The molecule has 0 radical (unpaired) electrons. The Morgan fingerprint density at radius 3 is 3.00 bits per heavy atom. The van der Waals surface area contributed by atoms with Crippen molar-refractivity contribution in [3.05, 3.63) is 64.6 Å². The number of tetrazole rings is 1. The zero-order chi connectivity index (χ0) is 17.1. The zero-order valence-electron chi connectivity index (χ0n) is 12.9. The number of H-pyrrole nitrogens is 1. The third kappa shape index (κ3) is 3.19. The maximum absolute atomic E-state index is 13.1. The number of furan rings is 1. The minimum Gasteiger partial charge on any atom is -0.467 e. The van der Waals surface area contributed by atoms with E-state index in [1.54, 1.807) is 28.6 Å². The summed E-state index contributed by atoms with van der Waals surface area (Å²) in [4.78, 5) is 15.9. The molecule has 10 heteroatoms. The summed E-state index contributed by atoms with van der Waals surface area (Å²) in [5.74, 6) is 0.937. The second-order valence-corrected chi connectivity index (χ2v) is 6.24. The minimum atomic E-state index is -0.191. The minimum absolute atomic E-state index is 0.191. The van der Waals surface area contributed by atoms with Gasteiger partial charge in [0.05, 0.1) is 25.5 Å². The second-order valence-electron chi connectivity index (χ2n) is 5.21. The van der Waals surface area contributed by atoms with Gasteiger partial charge in [-0.3, -0.25) is 9.89 Å². The maximum Gasteiger partial charge on any atom is 0.260 e. The van der Waals surface area contributed by atoms with E-state index >= 15 is 0 Å². The van der Waals surface area contributed by atoms with Crippen LogP contribution < -0.4 is 0 Å². The van der Waals surface area contributed by atoms with Gasteiger partial charge in [-0.15, -0.1) is 16.4 Å². The Bertz CT molecular complexity index is 893. The summed E-state index contributed by atoms with van der Waals surface area (Å²) >= 11 is 1.59. The van der Waals surface area contributed by atoms with Crippen LogP contribution in [0.1, 0.15) is 21.0 Å². The smallest absolute Gasteiger partial charge is 0.260 e. The molecule has 1 amide bonds. The van der Waals surface area contributed by atoms with Crippen molar-refractivity contribution in [1.29, 1.82) is 0 Å². The van der Waals surface area contributed by atoms with Gasteiger partial charge in [-0.2, -0.15) is 9.78 Å². The van der Waals surface area contributed by atoms with Crippen molar-refractivity contribution in [2.24, 2.45) is 0 Å². The van der Waals surface area contributed by atoms with Crippen LogP contribution in [-0.4, -0.2) is 41.2 Å². The van der Waals surface area contributed by atoms with E-state index in [1.165, 1.54) is 17.2 Å². The number of carbonyl (C=O) groups is 1. The zero-order valence-corrected chi connectivity index (χ0v) is 13.8. The molecule has 4 heterocycles. The molecule has 0 bridgehead atoms. The molecule has 0 fully saturated rings. The third-order valence-corrected chi connectivity index (χ3v) is 4.43. The van der Waals surface area contributed by atoms with Gasteiger partial charge in [-0.25, -0.2) is 0 Å². The monoisotopic (exact) mass is 355 g/mol. The van der Waals surface area contributed by atoms with Crippen molar-refractivity contribution in [2.75, 3.05) is 0 Å². The van der Waals surface area contributed by atoms with Gasteiger partial charge in [0.2, 0.25) is 0 Å². The largest absolute Gasteiger partial charge is 0.467 e. The number of amides is 1. The number of aromatic amines is 1. The molecule has 0 aliphatic carbocycles. The van der Waals surface area contributed by atoms with Crippen molar-refractivity contribution < 1.29 is 9.21 Å². The summed E-state index contributed by atoms with van der Waals surface area (Å²) in [5, 5.41) is 19.7. The molecule has 0 aliphatic rings. The lowest BCUT2D eigenvalue weighted by Crippen LogP contribution is -2.30. The topological polar surface area (TPSA) is 106 Å². The van der Waals surface area contributed by atoms with Gasteiger partial charge in [0, 0.05) is 4.88 Å². The standard InChI is InChI=1S/C15H13N7O2S/c23-15(13-7-16-18-14(13)22-10-17-19-20-22)21(8-11-3-1-5-24-11)9-12-4-2-6-25-12/h1-7,10H,8-9H2,(H,16,18). The van der Waals surface area contributed by atoms with E-state index in [2.05, 4.69) is 25.7 Å². The van der Waals surface area contributed by atoms with Crippen LogP contribution in [0.15, 0.2) is 52.9 Å². The van der Waals surface area contributed by atoms with Gasteiger partial charge in [0.15, 0.2) is 5.82 Å². The van der Waals surface area contributed by atoms with E-state index in [0.29, 0.717) is 30.2 Å². The molecule has 4 aromatic heterocycles. The first kappa shape index (κ1) is 15.3. The number of carbonyl (C=O) groups excluding carboxylic acids is 1. The van der Waals surface area contributed by atoms with Gasteiger partial charge in [0.25, 0.3) is 5.91 Å². The van der Waals surface area contributed by atoms with Crippen LogP contribution in [0.25, 0.3) is 5.82 Å². The number of thiophene rings is 1. The SMILES string of the molecule is O=C(c1cn[nH]c1-n1cnnn1)N(Cc1ccco1)Cc1cccs1. The molecule has 1 N–H and O–H groups in total. The summed E-state index contributed by atoms with van der Waals surface area (Å²) in [6.45, 7) is 0.821. The number of rotatable bonds is 6. The first-order valence-electron chi connectivity index (χ1n) is 7.42. The van der Waals surface area contributed by atoms with Crippen molar-refractivity contribution >= 4 is 17.2 Å². The predicted molar refractivity (Wildman–Crippen MR) is 87.9 cm³/mol. The van der Waals surface area contributed by atoms with Crippen LogP contribution in [0, 0.1) is 0 Å². The lowest BCUT2D eigenvalue weighted by atomic mass is 10.2. The summed E-state index contributed by atoms with van der Waals surface area (Å²) in [6.07, 6.45) is 4.47.